The molecule has 0 aliphatic heterocycles. The summed E-state index contributed by atoms with van der Waals surface area (Å²) in [5, 5.41) is 5.86. The third-order valence-electron chi connectivity index (χ3n) is 2.91. The molecule has 0 bridgehead atoms. The molecular weight excluding hydrogens is 331 g/mol. The minimum absolute atomic E-state index is 0.0146. The second-order valence-corrected chi connectivity index (χ2v) is 5.60. The summed E-state index contributed by atoms with van der Waals surface area (Å²) in [6, 6.07) is 8.66. The first-order chi connectivity index (χ1) is 10.8. The van der Waals surface area contributed by atoms with Gasteiger partial charge in [-0.05, 0) is 12.5 Å². The second kappa shape index (κ2) is 7.03. The fraction of sp³-hybridized carbons (Fsp3) is 0.357. The molecule has 2 rings (SSSR count). The first kappa shape index (κ1) is 17.3. The second-order valence-electron chi connectivity index (χ2n) is 4.52. The van der Waals surface area contributed by atoms with Crippen LogP contribution in [0.5, 0.6) is 0 Å². The average Bonchev–Trinajstić information content (AvgIpc) is 2.87. The van der Waals surface area contributed by atoms with Crippen LogP contribution in [0.2, 0.25) is 0 Å². The van der Waals surface area contributed by atoms with Gasteiger partial charge in [-0.15, -0.1) is 10.2 Å². The monoisotopic (exact) mass is 345 g/mol. The number of benzene rings is 1. The Morgan fingerprint density at radius 1 is 1.30 bits per heavy atom. The molecule has 5 nitrogen and oxygen atoms in total. The van der Waals surface area contributed by atoms with Gasteiger partial charge in [-0.25, -0.2) is 0 Å². The standard InChI is InChI=1S/C14H14F3N3O2S/c1-3-22-11(21)10(9-7-5-4-6-8-9)23-13-19-18-12(20(13)2)14(15,16)17/h4-8,10H,3H2,1-2H3/t10-/m0/s1. The van der Waals surface area contributed by atoms with E-state index in [2.05, 4.69) is 10.2 Å². The number of nitrogens with zero attached hydrogens (tertiary/aromatic N) is 3. The molecular formula is C14H14F3N3O2S. The van der Waals surface area contributed by atoms with Gasteiger partial charge >= 0.3 is 12.1 Å². The van der Waals surface area contributed by atoms with Crippen LogP contribution in [0.3, 0.4) is 0 Å². The lowest BCUT2D eigenvalue weighted by Crippen LogP contribution is -2.15. The smallest absolute Gasteiger partial charge is 0.451 e. The molecule has 0 unspecified atom stereocenters. The number of carbonyl (C=O) groups is 1. The molecule has 0 amide bonds. The summed E-state index contributed by atoms with van der Waals surface area (Å²) in [4.78, 5) is 12.1. The zero-order valence-electron chi connectivity index (χ0n) is 12.4. The third-order valence-corrected chi connectivity index (χ3v) is 4.18. The molecule has 0 saturated carbocycles. The number of halogens is 3. The zero-order chi connectivity index (χ0) is 17.0. The van der Waals surface area contributed by atoms with Gasteiger partial charge in [0.15, 0.2) is 5.16 Å². The Labute approximate surface area is 134 Å². The minimum Gasteiger partial charge on any atom is -0.465 e. The summed E-state index contributed by atoms with van der Waals surface area (Å²) in [5.41, 5.74) is 0.618. The Balaban J connectivity index is 2.32. The van der Waals surface area contributed by atoms with E-state index in [0.29, 0.717) is 5.56 Å². The highest BCUT2D eigenvalue weighted by atomic mass is 32.2. The van der Waals surface area contributed by atoms with Crippen LogP contribution in [0.4, 0.5) is 13.2 Å². The highest BCUT2D eigenvalue weighted by Gasteiger charge is 2.38. The van der Waals surface area contributed by atoms with Gasteiger partial charge in [0.2, 0.25) is 5.82 Å². The van der Waals surface area contributed by atoms with E-state index in [1.54, 1.807) is 37.3 Å². The largest absolute Gasteiger partial charge is 0.465 e. The molecule has 0 radical (unpaired) electrons. The molecule has 23 heavy (non-hydrogen) atoms. The average molecular weight is 345 g/mol. The van der Waals surface area contributed by atoms with Crippen molar-refractivity contribution in [2.75, 3.05) is 6.61 Å². The highest BCUT2D eigenvalue weighted by molar-refractivity contribution is 8.00. The van der Waals surface area contributed by atoms with Gasteiger partial charge in [-0.1, -0.05) is 42.1 Å². The maximum Gasteiger partial charge on any atom is 0.451 e. The number of hydrogen-bond acceptors (Lipinski definition) is 5. The molecule has 0 N–H and O–H groups in total. The summed E-state index contributed by atoms with van der Waals surface area (Å²) < 4.78 is 44.2. The van der Waals surface area contributed by atoms with Crippen LogP contribution in [0.15, 0.2) is 35.5 Å². The van der Waals surface area contributed by atoms with Crippen LogP contribution in [0.25, 0.3) is 0 Å². The predicted octanol–water partition coefficient (Wildman–Crippen LogP) is 3.23. The van der Waals surface area contributed by atoms with Gasteiger partial charge < -0.3 is 9.30 Å². The number of aromatic nitrogens is 3. The molecule has 1 aromatic carbocycles. The molecule has 124 valence electrons. The van der Waals surface area contributed by atoms with Crippen molar-refractivity contribution in [2.45, 2.75) is 23.5 Å². The van der Waals surface area contributed by atoms with Crippen LogP contribution in [0, 0.1) is 0 Å². The third kappa shape index (κ3) is 4.04. The first-order valence-electron chi connectivity index (χ1n) is 6.69. The molecule has 1 heterocycles. The lowest BCUT2D eigenvalue weighted by atomic mass is 10.1. The summed E-state index contributed by atoms with van der Waals surface area (Å²) in [7, 11) is 1.21. The van der Waals surface area contributed by atoms with Crippen molar-refractivity contribution < 1.29 is 22.7 Å². The summed E-state index contributed by atoms with van der Waals surface area (Å²) in [6.07, 6.45) is -4.60. The number of esters is 1. The Bertz CT molecular complexity index is 674. The molecule has 0 saturated heterocycles. The topological polar surface area (TPSA) is 57.0 Å². The van der Waals surface area contributed by atoms with E-state index >= 15 is 0 Å². The molecule has 0 spiro atoms. The highest BCUT2D eigenvalue weighted by Crippen LogP contribution is 2.37. The fourth-order valence-electron chi connectivity index (χ4n) is 1.87. The first-order valence-corrected chi connectivity index (χ1v) is 7.57. The van der Waals surface area contributed by atoms with Gasteiger partial charge in [0.1, 0.15) is 5.25 Å². The Kier molecular flexibility index (Phi) is 5.30. The summed E-state index contributed by atoms with van der Waals surface area (Å²) in [6.45, 7) is 1.84. The Morgan fingerprint density at radius 2 is 1.96 bits per heavy atom. The van der Waals surface area contributed by atoms with Crippen LogP contribution >= 0.6 is 11.8 Å². The van der Waals surface area contributed by atoms with Crippen molar-refractivity contribution in [2.24, 2.45) is 7.05 Å². The SMILES string of the molecule is CCOC(=O)[C@@H](Sc1nnc(C(F)(F)F)n1C)c1ccccc1. The van der Waals surface area contributed by atoms with Gasteiger partial charge in [0.05, 0.1) is 6.61 Å². The summed E-state index contributed by atoms with van der Waals surface area (Å²) in [5.74, 6) is -1.66. The van der Waals surface area contributed by atoms with E-state index in [1.165, 1.54) is 7.05 Å². The van der Waals surface area contributed by atoms with Crippen molar-refractivity contribution in [1.29, 1.82) is 0 Å². The Hall–Kier alpha value is -2.03. The number of rotatable bonds is 5. The van der Waals surface area contributed by atoms with Gasteiger partial charge in [0.25, 0.3) is 0 Å². The van der Waals surface area contributed by atoms with Crippen molar-refractivity contribution in [1.82, 2.24) is 14.8 Å². The molecule has 1 atom stereocenters. The normalized spacial score (nSPS) is 12.9. The van der Waals surface area contributed by atoms with E-state index in [-0.39, 0.29) is 11.8 Å². The fourth-order valence-corrected chi connectivity index (χ4v) is 2.87. The maximum absolute atomic E-state index is 12.8. The van der Waals surface area contributed by atoms with Crippen LogP contribution < -0.4 is 0 Å². The van der Waals surface area contributed by atoms with Crippen LogP contribution in [-0.2, 0) is 22.8 Å². The lowest BCUT2D eigenvalue weighted by Gasteiger charge is -2.15. The van der Waals surface area contributed by atoms with E-state index in [1.807, 2.05) is 0 Å². The van der Waals surface area contributed by atoms with Crippen molar-refractivity contribution in [3.05, 3.63) is 41.7 Å². The number of hydrogen-bond donors (Lipinski definition) is 0. The molecule has 0 aliphatic carbocycles. The van der Waals surface area contributed by atoms with E-state index < -0.39 is 23.2 Å². The van der Waals surface area contributed by atoms with Crippen molar-refractivity contribution in [3.8, 4) is 0 Å². The van der Waals surface area contributed by atoms with Crippen LogP contribution in [0.1, 0.15) is 23.6 Å². The number of ether oxygens (including phenoxy) is 1. The zero-order valence-corrected chi connectivity index (χ0v) is 13.2. The van der Waals surface area contributed by atoms with E-state index in [9.17, 15) is 18.0 Å². The number of thioether (sulfide) groups is 1. The summed E-state index contributed by atoms with van der Waals surface area (Å²) >= 11 is 0.868. The molecule has 0 fully saturated rings. The van der Waals surface area contributed by atoms with Gasteiger partial charge in [0, 0.05) is 7.05 Å². The van der Waals surface area contributed by atoms with E-state index in [4.69, 9.17) is 4.74 Å². The molecule has 0 aliphatic rings. The predicted molar refractivity (Wildman–Crippen MR) is 77.7 cm³/mol. The van der Waals surface area contributed by atoms with Crippen molar-refractivity contribution in [3.63, 3.8) is 0 Å². The Morgan fingerprint density at radius 3 is 2.48 bits per heavy atom. The molecule has 1 aromatic heterocycles. The number of alkyl halides is 3. The minimum atomic E-state index is -4.60. The quantitative estimate of drug-likeness (QED) is 0.615. The van der Waals surface area contributed by atoms with Crippen molar-refractivity contribution >= 4 is 17.7 Å². The molecule has 9 heteroatoms. The number of carbonyl (C=O) groups excluding carboxylic acids is 1. The lowest BCUT2D eigenvalue weighted by molar-refractivity contribution is -0.147. The van der Waals surface area contributed by atoms with Gasteiger partial charge in [-0.2, -0.15) is 13.2 Å². The molecule has 2 aromatic rings. The van der Waals surface area contributed by atoms with Crippen LogP contribution in [-0.4, -0.2) is 27.3 Å². The maximum atomic E-state index is 12.8. The van der Waals surface area contributed by atoms with Gasteiger partial charge in [-0.3, -0.25) is 4.79 Å². The van der Waals surface area contributed by atoms with E-state index in [0.717, 1.165) is 16.3 Å².